The molecule has 0 spiro atoms. The molecule has 4 rings (SSSR count). The quantitative estimate of drug-likeness (QED) is 0.431. The second-order valence-corrected chi connectivity index (χ2v) is 7.78. The van der Waals surface area contributed by atoms with Gasteiger partial charge < -0.3 is 4.74 Å². The van der Waals surface area contributed by atoms with Gasteiger partial charge >= 0.3 is 0 Å². The van der Waals surface area contributed by atoms with Gasteiger partial charge in [-0.15, -0.1) is 21.5 Å². The fourth-order valence-corrected chi connectivity index (χ4v) is 4.35. The highest BCUT2D eigenvalue weighted by molar-refractivity contribution is 7.98. The van der Waals surface area contributed by atoms with Gasteiger partial charge in [-0.05, 0) is 19.1 Å². The van der Waals surface area contributed by atoms with E-state index in [9.17, 15) is 0 Å². The highest BCUT2D eigenvalue weighted by atomic mass is 32.2. The predicted molar refractivity (Wildman–Crippen MR) is 110 cm³/mol. The minimum absolute atomic E-state index is 0.741. The molecule has 4 aromatic rings. The first kappa shape index (κ1) is 17.8. The summed E-state index contributed by atoms with van der Waals surface area (Å²) in [6.07, 6.45) is 1.72. The van der Waals surface area contributed by atoms with Gasteiger partial charge in [0.1, 0.15) is 17.1 Å². The van der Waals surface area contributed by atoms with Crippen LogP contribution in [0, 0.1) is 6.92 Å². The molecule has 0 aliphatic carbocycles. The summed E-state index contributed by atoms with van der Waals surface area (Å²) in [6, 6.07) is 16.3. The van der Waals surface area contributed by atoms with Crippen LogP contribution in [0.3, 0.4) is 0 Å². The van der Waals surface area contributed by atoms with E-state index in [2.05, 4.69) is 46.8 Å². The van der Waals surface area contributed by atoms with Gasteiger partial charge in [0.25, 0.3) is 0 Å². The maximum absolute atomic E-state index is 5.30. The van der Waals surface area contributed by atoms with Crippen molar-refractivity contribution in [1.82, 2.24) is 19.7 Å². The van der Waals surface area contributed by atoms with Crippen molar-refractivity contribution in [2.24, 2.45) is 0 Å². The van der Waals surface area contributed by atoms with Crippen LogP contribution in [0.15, 0.2) is 65.4 Å². The second kappa shape index (κ2) is 7.94. The Kier molecular flexibility index (Phi) is 5.22. The number of thiazole rings is 1. The van der Waals surface area contributed by atoms with E-state index in [0.29, 0.717) is 0 Å². The predicted octanol–water partition coefficient (Wildman–Crippen LogP) is 5.00. The number of thioether (sulfide) groups is 1. The van der Waals surface area contributed by atoms with Crippen molar-refractivity contribution < 1.29 is 4.74 Å². The zero-order valence-corrected chi connectivity index (χ0v) is 16.6. The zero-order valence-electron chi connectivity index (χ0n) is 15.0. The van der Waals surface area contributed by atoms with Crippen molar-refractivity contribution in [3.63, 3.8) is 0 Å². The highest BCUT2D eigenvalue weighted by Crippen LogP contribution is 2.28. The van der Waals surface area contributed by atoms with E-state index in [1.54, 1.807) is 36.5 Å². The normalized spacial score (nSPS) is 10.9. The third kappa shape index (κ3) is 4.04. The maximum atomic E-state index is 5.30. The van der Waals surface area contributed by atoms with Crippen LogP contribution in [0.25, 0.3) is 16.3 Å². The summed E-state index contributed by atoms with van der Waals surface area (Å²) in [5.41, 5.74) is 4.42. The van der Waals surface area contributed by atoms with E-state index in [-0.39, 0.29) is 0 Å². The van der Waals surface area contributed by atoms with Gasteiger partial charge in [-0.1, -0.05) is 47.7 Å². The molecule has 27 heavy (non-hydrogen) atoms. The van der Waals surface area contributed by atoms with Crippen LogP contribution in [-0.2, 0) is 5.75 Å². The van der Waals surface area contributed by atoms with Crippen molar-refractivity contribution >= 4 is 23.1 Å². The Morgan fingerprint density at radius 3 is 2.81 bits per heavy atom. The first-order valence-electron chi connectivity index (χ1n) is 8.41. The average molecular weight is 395 g/mol. The molecule has 0 N–H and O–H groups in total. The van der Waals surface area contributed by atoms with Crippen LogP contribution in [0.4, 0.5) is 0 Å². The lowest BCUT2D eigenvalue weighted by Gasteiger charge is -2.07. The molecule has 2 heterocycles. The molecule has 0 saturated heterocycles. The number of ether oxygens (including phenoxy) is 1. The number of nitrogens with zero attached hydrogens (tertiary/aromatic N) is 4. The molecule has 136 valence electrons. The number of benzene rings is 2. The number of hydrogen-bond donors (Lipinski definition) is 0. The minimum Gasteiger partial charge on any atom is -0.497 e. The number of methoxy groups -OCH3 is 1. The molecule has 0 fully saturated rings. The van der Waals surface area contributed by atoms with E-state index in [1.807, 2.05) is 28.8 Å². The van der Waals surface area contributed by atoms with Crippen LogP contribution in [0.5, 0.6) is 5.75 Å². The lowest BCUT2D eigenvalue weighted by molar-refractivity contribution is 0.414. The summed E-state index contributed by atoms with van der Waals surface area (Å²) in [7, 11) is 1.66. The highest BCUT2D eigenvalue weighted by Gasteiger charge is 2.10. The van der Waals surface area contributed by atoms with Crippen molar-refractivity contribution in [2.75, 3.05) is 7.11 Å². The molecule has 5 nitrogen and oxygen atoms in total. The van der Waals surface area contributed by atoms with Gasteiger partial charge in [0.2, 0.25) is 0 Å². The average Bonchev–Trinajstić information content (AvgIpc) is 3.36. The van der Waals surface area contributed by atoms with Crippen LogP contribution in [-0.4, -0.2) is 26.9 Å². The molecule has 7 heteroatoms. The fraction of sp³-hybridized carbons (Fsp3) is 0.150. The number of hydrogen-bond acceptors (Lipinski definition) is 6. The van der Waals surface area contributed by atoms with Crippen molar-refractivity contribution in [3.05, 3.63) is 71.5 Å². The molecule has 2 aromatic heterocycles. The standard InChI is InChI=1S/C20H18N4OS2/c1-14-6-8-15(9-7-14)19-22-16(11-26-19)12-27-20-23-21-13-24(20)17-4-3-5-18(10-17)25-2/h3-11,13H,12H2,1-2H3. The van der Waals surface area contributed by atoms with Gasteiger partial charge in [0.15, 0.2) is 5.16 Å². The summed E-state index contributed by atoms with van der Waals surface area (Å²) < 4.78 is 7.26. The van der Waals surface area contributed by atoms with Crippen molar-refractivity contribution in [1.29, 1.82) is 0 Å². The molecular weight excluding hydrogens is 376 g/mol. The van der Waals surface area contributed by atoms with Crippen molar-refractivity contribution in [2.45, 2.75) is 17.8 Å². The van der Waals surface area contributed by atoms with Gasteiger partial charge in [0, 0.05) is 22.8 Å². The Morgan fingerprint density at radius 2 is 2.00 bits per heavy atom. The summed E-state index contributed by atoms with van der Waals surface area (Å²) in [6.45, 7) is 2.09. The van der Waals surface area contributed by atoms with E-state index in [4.69, 9.17) is 9.72 Å². The molecule has 0 atom stereocenters. The number of aromatic nitrogens is 4. The minimum atomic E-state index is 0.741. The molecule has 0 amide bonds. The first-order valence-corrected chi connectivity index (χ1v) is 10.3. The Bertz CT molecular complexity index is 1040. The summed E-state index contributed by atoms with van der Waals surface area (Å²) in [4.78, 5) is 4.76. The lowest BCUT2D eigenvalue weighted by Crippen LogP contribution is -1.96. The Balaban J connectivity index is 1.49. The molecular formula is C20H18N4OS2. The third-order valence-electron chi connectivity index (χ3n) is 4.05. The van der Waals surface area contributed by atoms with Crippen LogP contribution in [0.2, 0.25) is 0 Å². The molecule has 0 bridgehead atoms. The zero-order chi connectivity index (χ0) is 18.6. The van der Waals surface area contributed by atoms with E-state index < -0.39 is 0 Å². The van der Waals surface area contributed by atoms with Crippen LogP contribution in [0.1, 0.15) is 11.3 Å². The number of aryl methyl sites for hydroxylation is 1. The van der Waals surface area contributed by atoms with Gasteiger partial charge in [-0.2, -0.15) is 0 Å². The Hall–Kier alpha value is -2.64. The van der Waals surface area contributed by atoms with E-state index in [1.165, 1.54) is 5.56 Å². The Labute approximate surface area is 166 Å². The molecule has 2 aromatic carbocycles. The monoisotopic (exact) mass is 394 g/mol. The third-order valence-corrected chi connectivity index (χ3v) is 5.96. The summed E-state index contributed by atoms with van der Waals surface area (Å²) >= 11 is 3.29. The topological polar surface area (TPSA) is 52.8 Å². The lowest BCUT2D eigenvalue weighted by atomic mass is 10.2. The van der Waals surface area contributed by atoms with Crippen LogP contribution >= 0.6 is 23.1 Å². The molecule has 0 radical (unpaired) electrons. The van der Waals surface area contributed by atoms with Gasteiger partial charge in [-0.25, -0.2) is 4.98 Å². The Morgan fingerprint density at radius 1 is 1.15 bits per heavy atom. The fourth-order valence-electron chi connectivity index (χ4n) is 2.60. The summed E-state index contributed by atoms with van der Waals surface area (Å²) in [5.74, 6) is 1.55. The first-order chi connectivity index (χ1) is 13.2. The van der Waals surface area contributed by atoms with Crippen molar-refractivity contribution in [3.8, 4) is 22.0 Å². The number of rotatable bonds is 6. The SMILES string of the molecule is COc1cccc(-n2cnnc2SCc2csc(-c3ccc(C)cc3)n2)c1. The summed E-state index contributed by atoms with van der Waals surface area (Å²) in [5, 5.41) is 12.3. The second-order valence-electron chi connectivity index (χ2n) is 5.98. The molecule has 0 aliphatic heterocycles. The molecule has 0 saturated carbocycles. The molecule has 0 unspecified atom stereocenters. The van der Waals surface area contributed by atoms with Gasteiger partial charge in [-0.3, -0.25) is 4.57 Å². The molecule has 0 aliphatic rings. The van der Waals surface area contributed by atoms with E-state index >= 15 is 0 Å². The van der Waals surface area contributed by atoms with Crippen LogP contribution < -0.4 is 4.74 Å². The smallest absolute Gasteiger partial charge is 0.195 e. The maximum Gasteiger partial charge on any atom is 0.195 e. The van der Waals surface area contributed by atoms with E-state index in [0.717, 1.165) is 38.6 Å². The largest absolute Gasteiger partial charge is 0.497 e. The van der Waals surface area contributed by atoms with Gasteiger partial charge in [0.05, 0.1) is 18.5 Å².